The number of hydrogen-bond donors (Lipinski definition) is 2. The SMILES string of the molecule is Cc1cc(N)cc(C(=O)NCC2CCCCN2C)c1F. The lowest BCUT2D eigenvalue weighted by molar-refractivity contribution is 0.0924. The maximum Gasteiger partial charge on any atom is 0.254 e. The topological polar surface area (TPSA) is 58.4 Å². The predicted octanol–water partition coefficient (Wildman–Crippen LogP) is 1.93. The fourth-order valence-corrected chi connectivity index (χ4v) is 2.67. The third-order valence-corrected chi connectivity index (χ3v) is 3.94. The van der Waals surface area contributed by atoms with Crippen molar-refractivity contribution in [2.45, 2.75) is 32.2 Å². The number of likely N-dealkylation sites (N-methyl/N-ethyl adjacent to an activating group) is 1. The predicted molar refractivity (Wildman–Crippen MR) is 78.2 cm³/mol. The average Bonchev–Trinajstić information content (AvgIpc) is 2.41. The number of nitrogens with one attached hydrogen (secondary N) is 1. The lowest BCUT2D eigenvalue weighted by Crippen LogP contribution is -2.44. The molecule has 1 aliphatic heterocycles. The summed E-state index contributed by atoms with van der Waals surface area (Å²) in [6.07, 6.45) is 3.44. The summed E-state index contributed by atoms with van der Waals surface area (Å²) in [7, 11) is 2.06. The minimum atomic E-state index is -0.492. The molecule has 0 bridgehead atoms. The van der Waals surface area contributed by atoms with Gasteiger partial charge in [-0.1, -0.05) is 6.42 Å². The van der Waals surface area contributed by atoms with Crippen molar-refractivity contribution in [2.24, 2.45) is 0 Å². The molecule has 1 atom stereocenters. The standard InChI is InChI=1S/C15H22FN3O/c1-10-7-11(17)8-13(14(10)16)15(20)18-9-12-5-3-4-6-19(12)2/h7-8,12H,3-6,9,17H2,1-2H3,(H,18,20). The number of nitrogens with two attached hydrogens (primary N) is 1. The quantitative estimate of drug-likeness (QED) is 0.831. The van der Waals surface area contributed by atoms with Gasteiger partial charge in [-0.3, -0.25) is 4.79 Å². The van der Waals surface area contributed by atoms with Gasteiger partial charge < -0.3 is 16.0 Å². The van der Waals surface area contributed by atoms with Crippen LogP contribution in [-0.4, -0.2) is 37.0 Å². The molecular weight excluding hydrogens is 257 g/mol. The van der Waals surface area contributed by atoms with Crippen molar-refractivity contribution in [1.82, 2.24) is 10.2 Å². The van der Waals surface area contributed by atoms with E-state index in [1.165, 1.54) is 25.0 Å². The molecule has 0 spiro atoms. The number of hydrogen-bond acceptors (Lipinski definition) is 3. The van der Waals surface area contributed by atoms with E-state index < -0.39 is 11.7 Å². The Labute approximate surface area is 119 Å². The van der Waals surface area contributed by atoms with E-state index in [1.807, 2.05) is 0 Å². The third-order valence-electron chi connectivity index (χ3n) is 3.94. The number of nitrogens with zero attached hydrogens (tertiary/aromatic N) is 1. The van der Waals surface area contributed by atoms with Gasteiger partial charge in [0.2, 0.25) is 0 Å². The monoisotopic (exact) mass is 279 g/mol. The molecule has 20 heavy (non-hydrogen) atoms. The second-order valence-corrected chi connectivity index (χ2v) is 5.54. The van der Waals surface area contributed by atoms with Crippen LogP contribution in [0.3, 0.4) is 0 Å². The van der Waals surface area contributed by atoms with Crippen molar-refractivity contribution in [1.29, 1.82) is 0 Å². The van der Waals surface area contributed by atoms with Crippen LogP contribution < -0.4 is 11.1 Å². The fourth-order valence-electron chi connectivity index (χ4n) is 2.67. The normalized spacial score (nSPS) is 19.9. The summed E-state index contributed by atoms with van der Waals surface area (Å²) < 4.78 is 13.9. The molecule has 4 nitrogen and oxygen atoms in total. The maximum atomic E-state index is 13.9. The molecule has 5 heteroatoms. The number of piperidine rings is 1. The molecule has 1 fully saturated rings. The Morgan fingerprint density at radius 1 is 1.50 bits per heavy atom. The molecule has 3 N–H and O–H groups in total. The number of nitrogen functional groups attached to an aromatic ring is 1. The second-order valence-electron chi connectivity index (χ2n) is 5.54. The average molecular weight is 279 g/mol. The van der Waals surface area contributed by atoms with Crippen molar-refractivity contribution in [3.05, 3.63) is 29.1 Å². The van der Waals surface area contributed by atoms with Gasteiger partial charge in [0.1, 0.15) is 5.82 Å². The Morgan fingerprint density at radius 3 is 2.95 bits per heavy atom. The summed E-state index contributed by atoms with van der Waals surface area (Å²) in [5, 5.41) is 2.82. The molecule has 110 valence electrons. The Balaban J connectivity index is 2.01. The molecule has 1 heterocycles. The van der Waals surface area contributed by atoms with Gasteiger partial charge in [-0.15, -0.1) is 0 Å². The zero-order valence-corrected chi connectivity index (χ0v) is 12.1. The van der Waals surface area contributed by atoms with E-state index in [-0.39, 0.29) is 5.56 Å². The third kappa shape index (κ3) is 3.28. The summed E-state index contributed by atoms with van der Waals surface area (Å²) in [5.41, 5.74) is 6.50. The Bertz CT molecular complexity index is 504. The second kappa shape index (κ2) is 6.22. The van der Waals surface area contributed by atoms with Gasteiger partial charge in [0, 0.05) is 18.3 Å². The number of anilines is 1. The lowest BCUT2D eigenvalue weighted by atomic mass is 10.0. The molecular formula is C15H22FN3O. The maximum absolute atomic E-state index is 13.9. The molecule has 1 saturated heterocycles. The van der Waals surface area contributed by atoms with Gasteiger partial charge in [-0.05, 0) is 51.1 Å². The van der Waals surface area contributed by atoms with Crippen LogP contribution in [0.15, 0.2) is 12.1 Å². The fraction of sp³-hybridized carbons (Fsp3) is 0.533. The van der Waals surface area contributed by atoms with Crippen LogP contribution in [0.1, 0.15) is 35.2 Å². The molecule has 1 amide bonds. The number of carbonyl (C=O) groups is 1. The number of carbonyl (C=O) groups excluding carboxylic acids is 1. The molecule has 1 aromatic carbocycles. The number of amides is 1. The van der Waals surface area contributed by atoms with E-state index in [2.05, 4.69) is 17.3 Å². The van der Waals surface area contributed by atoms with Crippen molar-refractivity contribution < 1.29 is 9.18 Å². The molecule has 1 aliphatic rings. The zero-order chi connectivity index (χ0) is 14.7. The summed E-state index contributed by atoms with van der Waals surface area (Å²) in [5.74, 6) is -0.884. The van der Waals surface area contributed by atoms with E-state index in [4.69, 9.17) is 5.73 Å². The van der Waals surface area contributed by atoms with Gasteiger partial charge in [-0.2, -0.15) is 0 Å². The molecule has 0 aromatic heterocycles. The van der Waals surface area contributed by atoms with Gasteiger partial charge in [0.25, 0.3) is 5.91 Å². The number of rotatable bonds is 3. The van der Waals surface area contributed by atoms with Crippen molar-refractivity contribution >= 4 is 11.6 Å². The van der Waals surface area contributed by atoms with Gasteiger partial charge in [0.15, 0.2) is 0 Å². The smallest absolute Gasteiger partial charge is 0.254 e. The largest absolute Gasteiger partial charge is 0.399 e. The minimum Gasteiger partial charge on any atom is -0.399 e. The van der Waals surface area contributed by atoms with Gasteiger partial charge in [0.05, 0.1) is 5.56 Å². The van der Waals surface area contributed by atoms with Crippen LogP contribution in [-0.2, 0) is 0 Å². The highest BCUT2D eigenvalue weighted by Gasteiger charge is 2.21. The first-order chi connectivity index (χ1) is 9.49. The molecule has 1 unspecified atom stereocenters. The zero-order valence-electron chi connectivity index (χ0n) is 12.1. The molecule has 1 aromatic rings. The van der Waals surface area contributed by atoms with Crippen LogP contribution in [0.25, 0.3) is 0 Å². The summed E-state index contributed by atoms with van der Waals surface area (Å²) >= 11 is 0. The van der Waals surface area contributed by atoms with E-state index in [0.717, 1.165) is 13.0 Å². The van der Waals surface area contributed by atoms with E-state index >= 15 is 0 Å². The highest BCUT2D eigenvalue weighted by Crippen LogP contribution is 2.18. The number of halogens is 1. The summed E-state index contributed by atoms with van der Waals surface area (Å²) in [4.78, 5) is 14.3. The minimum absolute atomic E-state index is 0.0287. The van der Waals surface area contributed by atoms with Crippen LogP contribution in [0, 0.1) is 12.7 Å². The first kappa shape index (κ1) is 14.8. The highest BCUT2D eigenvalue weighted by atomic mass is 19.1. The summed E-state index contributed by atoms with van der Waals surface area (Å²) in [6.45, 7) is 3.20. The van der Waals surface area contributed by atoms with Crippen LogP contribution in [0.5, 0.6) is 0 Å². The van der Waals surface area contributed by atoms with E-state index in [1.54, 1.807) is 6.92 Å². The Hall–Kier alpha value is -1.62. The number of likely N-dealkylation sites (tertiary alicyclic amines) is 1. The van der Waals surface area contributed by atoms with Crippen molar-refractivity contribution in [3.63, 3.8) is 0 Å². The van der Waals surface area contributed by atoms with Crippen molar-refractivity contribution in [2.75, 3.05) is 25.9 Å². The highest BCUT2D eigenvalue weighted by molar-refractivity contribution is 5.95. The van der Waals surface area contributed by atoms with Gasteiger partial charge >= 0.3 is 0 Å². The molecule has 2 rings (SSSR count). The van der Waals surface area contributed by atoms with E-state index in [0.29, 0.717) is 23.8 Å². The molecule has 0 radical (unpaired) electrons. The summed E-state index contributed by atoms with van der Waals surface area (Å²) in [6, 6.07) is 3.25. The van der Waals surface area contributed by atoms with E-state index in [9.17, 15) is 9.18 Å². The lowest BCUT2D eigenvalue weighted by Gasteiger charge is -2.32. The van der Waals surface area contributed by atoms with Crippen molar-refractivity contribution in [3.8, 4) is 0 Å². The van der Waals surface area contributed by atoms with Crippen LogP contribution >= 0.6 is 0 Å². The van der Waals surface area contributed by atoms with Crippen LogP contribution in [0.4, 0.5) is 10.1 Å². The first-order valence-corrected chi connectivity index (χ1v) is 7.03. The molecule has 0 aliphatic carbocycles. The molecule has 0 saturated carbocycles. The number of aryl methyl sites for hydroxylation is 1. The first-order valence-electron chi connectivity index (χ1n) is 7.03. The number of benzene rings is 1. The van der Waals surface area contributed by atoms with Crippen LogP contribution in [0.2, 0.25) is 0 Å². The Morgan fingerprint density at radius 2 is 2.25 bits per heavy atom. The van der Waals surface area contributed by atoms with Gasteiger partial charge in [-0.25, -0.2) is 4.39 Å². The Kier molecular flexibility index (Phi) is 4.60.